The van der Waals surface area contributed by atoms with Crippen molar-refractivity contribution in [3.05, 3.63) is 23.8 Å². The summed E-state index contributed by atoms with van der Waals surface area (Å²) < 4.78 is 10.5. The molecule has 0 saturated carbocycles. The number of nitrogens with one attached hydrogen (secondary N) is 1. The summed E-state index contributed by atoms with van der Waals surface area (Å²) in [4.78, 5) is 0. The first-order chi connectivity index (χ1) is 8.71. The van der Waals surface area contributed by atoms with Crippen LogP contribution in [-0.4, -0.2) is 45.1 Å². The normalized spacial score (nSPS) is 12.2. The van der Waals surface area contributed by atoms with Crippen LogP contribution in [0.15, 0.2) is 18.2 Å². The minimum absolute atomic E-state index is 0.273. The van der Waals surface area contributed by atoms with Gasteiger partial charge in [-0.1, -0.05) is 0 Å². The van der Waals surface area contributed by atoms with Gasteiger partial charge in [-0.2, -0.15) is 0 Å². The second-order valence-electron chi connectivity index (χ2n) is 4.02. The van der Waals surface area contributed by atoms with Gasteiger partial charge in [0, 0.05) is 13.1 Å². The lowest BCUT2D eigenvalue weighted by atomic mass is 10.1. The molecule has 0 aliphatic heterocycles. The topological polar surface area (TPSA) is 76.7 Å². The molecule has 1 aromatic rings. The molecule has 0 aliphatic carbocycles. The summed E-state index contributed by atoms with van der Waals surface area (Å²) in [7, 11) is 3.29. The Kier molecular flexibility index (Phi) is 6.49. The van der Waals surface area contributed by atoms with Gasteiger partial charge >= 0.3 is 0 Å². The number of methoxy groups -OCH3 is 2. The van der Waals surface area contributed by atoms with Crippen LogP contribution in [0.1, 0.15) is 5.56 Å². The predicted molar refractivity (Wildman–Crippen MR) is 71.2 cm³/mol. The number of aliphatic hydroxyl groups excluding tert-OH is 1. The van der Waals surface area contributed by atoms with E-state index in [1.165, 1.54) is 0 Å². The SMILES string of the molecule is COc1ccc(OC)c(CCNCC(O)CN)c1. The van der Waals surface area contributed by atoms with Crippen molar-refractivity contribution in [2.24, 2.45) is 5.73 Å². The van der Waals surface area contributed by atoms with Gasteiger partial charge in [0.25, 0.3) is 0 Å². The standard InChI is InChI=1S/C13H22N2O3/c1-17-12-3-4-13(18-2)10(7-12)5-6-15-9-11(16)8-14/h3-4,7,11,15-16H,5-6,8-9,14H2,1-2H3. The Bertz CT molecular complexity index is 358. The largest absolute Gasteiger partial charge is 0.497 e. The Morgan fingerprint density at radius 2 is 2.11 bits per heavy atom. The van der Waals surface area contributed by atoms with E-state index in [9.17, 15) is 5.11 Å². The van der Waals surface area contributed by atoms with Crippen molar-refractivity contribution < 1.29 is 14.6 Å². The lowest BCUT2D eigenvalue weighted by Crippen LogP contribution is -2.33. The van der Waals surface area contributed by atoms with Gasteiger partial charge in [-0.25, -0.2) is 0 Å². The van der Waals surface area contributed by atoms with Gasteiger partial charge in [0.1, 0.15) is 11.5 Å². The molecule has 5 heteroatoms. The van der Waals surface area contributed by atoms with Crippen LogP contribution in [0.5, 0.6) is 11.5 Å². The Labute approximate surface area is 108 Å². The summed E-state index contributed by atoms with van der Waals surface area (Å²) in [6, 6.07) is 5.72. The molecule has 1 unspecified atom stereocenters. The van der Waals surface area contributed by atoms with E-state index in [0.717, 1.165) is 30.0 Å². The fourth-order valence-corrected chi connectivity index (χ4v) is 1.65. The smallest absolute Gasteiger partial charge is 0.122 e. The monoisotopic (exact) mass is 254 g/mol. The van der Waals surface area contributed by atoms with E-state index in [4.69, 9.17) is 15.2 Å². The second kappa shape index (κ2) is 7.92. The van der Waals surface area contributed by atoms with Crippen molar-refractivity contribution in [1.82, 2.24) is 5.32 Å². The summed E-state index contributed by atoms with van der Waals surface area (Å²) in [6.07, 6.45) is 0.315. The summed E-state index contributed by atoms with van der Waals surface area (Å²) in [5.74, 6) is 1.66. The third kappa shape index (κ3) is 4.52. The van der Waals surface area contributed by atoms with Crippen LogP contribution >= 0.6 is 0 Å². The average Bonchev–Trinajstić information content (AvgIpc) is 2.42. The predicted octanol–water partition coefficient (Wildman–Crippen LogP) is 0.156. The Morgan fingerprint density at radius 3 is 2.72 bits per heavy atom. The van der Waals surface area contributed by atoms with E-state index in [1.807, 2.05) is 18.2 Å². The van der Waals surface area contributed by atoms with Gasteiger partial charge < -0.3 is 25.6 Å². The van der Waals surface area contributed by atoms with Crippen LogP contribution < -0.4 is 20.5 Å². The zero-order chi connectivity index (χ0) is 13.4. The van der Waals surface area contributed by atoms with Crippen LogP contribution in [0, 0.1) is 0 Å². The van der Waals surface area contributed by atoms with Gasteiger partial charge in [0.05, 0.1) is 20.3 Å². The van der Waals surface area contributed by atoms with Crippen LogP contribution in [0.2, 0.25) is 0 Å². The van der Waals surface area contributed by atoms with Gasteiger partial charge in [0.15, 0.2) is 0 Å². The summed E-state index contributed by atoms with van der Waals surface area (Å²) in [5, 5.41) is 12.5. The lowest BCUT2D eigenvalue weighted by Gasteiger charge is -2.12. The van der Waals surface area contributed by atoms with Crippen molar-refractivity contribution in [1.29, 1.82) is 0 Å². The third-order valence-electron chi connectivity index (χ3n) is 2.71. The van der Waals surface area contributed by atoms with Crippen LogP contribution in [0.3, 0.4) is 0 Å². The number of hydrogen-bond acceptors (Lipinski definition) is 5. The van der Waals surface area contributed by atoms with Crippen molar-refractivity contribution in [3.8, 4) is 11.5 Å². The zero-order valence-corrected chi connectivity index (χ0v) is 11.0. The summed E-state index contributed by atoms with van der Waals surface area (Å²) in [6.45, 7) is 1.53. The number of ether oxygens (including phenoxy) is 2. The van der Waals surface area contributed by atoms with Crippen molar-refractivity contribution >= 4 is 0 Å². The van der Waals surface area contributed by atoms with E-state index in [2.05, 4.69) is 5.32 Å². The molecule has 0 saturated heterocycles. The molecule has 0 spiro atoms. The fourth-order valence-electron chi connectivity index (χ4n) is 1.65. The molecule has 0 amide bonds. The van der Waals surface area contributed by atoms with E-state index in [1.54, 1.807) is 14.2 Å². The first-order valence-corrected chi connectivity index (χ1v) is 6.01. The van der Waals surface area contributed by atoms with Crippen molar-refractivity contribution in [3.63, 3.8) is 0 Å². The molecule has 102 valence electrons. The highest BCUT2D eigenvalue weighted by molar-refractivity contribution is 5.40. The molecule has 1 aromatic carbocycles. The number of hydrogen-bond donors (Lipinski definition) is 3. The number of nitrogens with two attached hydrogens (primary N) is 1. The second-order valence-corrected chi connectivity index (χ2v) is 4.02. The number of rotatable bonds is 8. The molecular weight excluding hydrogens is 232 g/mol. The van der Waals surface area contributed by atoms with Gasteiger partial charge in [-0.05, 0) is 36.7 Å². The quantitative estimate of drug-likeness (QED) is 0.576. The molecule has 0 aromatic heterocycles. The van der Waals surface area contributed by atoms with Crippen LogP contribution in [0.4, 0.5) is 0 Å². The number of benzene rings is 1. The fraction of sp³-hybridized carbons (Fsp3) is 0.538. The van der Waals surface area contributed by atoms with E-state index in [-0.39, 0.29) is 6.54 Å². The van der Waals surface area contributed by atoms with Crippen LogP contribution in [0.25, 0.3) is 0 Å². The average molecular weight is 254 g/mol. The first-order valence-electron chi connectivity index (χ1n) is 6.01. The molecule has 0 bridgehead atoms. The maximum absolute atomic E-state index is 9.31. The van der Waals surface area contributed by atoms with Gasteiger partial charge in [0.2, 0.25) is 0 Å². The minimum atomic E-state index is -0.489. The summed E-state index contributed by atoms with van der Waals surface area (Å²) >= 11 is 0. The molecule has 0 radical (unpaired) electrons. The molecule has 1 rings (SSSR count). The lowest BCUT2D eigenvalue weighted by molar-refractivity contribution is 0.180. The molecule has 4 N–H and O–H groups in total. The maximum atomic E-state index is 9.31. The molecular formula is C13H22N2O3. The highest BCUT2D eigenvalue weighted by atomic mass is 16.5. The highest BCUT2D eigenvalue weighted by Crippen LogP contribution is 2.23. The highest BCUT2D eigenvalue weighted by Gasteiger charge is 2.05. The molecule has 5 nitrogen and oxygen atoms in total. The molecule has 18 heavy (non-hydrogen) atoms. The Hall–Kier alpha value is -1.30. The zero-order valence-electron chi connectivity index (χ0n) is 11.0. The minimum Gasteiger partial charge on any atom is -0.497 e. The molecule has 1 atom stereocenters. The van der Waals surface area contributed by atoms with E-state index in [0.29, 0.717) is 6.54 Å². The molecule has 0 fully saturated rings. The van der Waals surface area contributed by atoms with Crippen molar-refractivity contribution in [2.45, 2.75) is 12.5 Å². The maximum Gasteiger partial charge on any atom is 0.122 e. The van der Waals surface area contributed by atoms with Gasteiger partial charge in [-0.3, -0.25) is 0 Å². The van der Waals surface area contributed by atoms with Crippen LogP contribution in [-0.2, 0) is 6.42 Å². The molecule has 0 heterocycles. The Balaban J connectivity index is 2.49. The van der Waals surface area contributed by atoms with E-state index >= 15 is 0 Å². The van der Waals surface area contributed by atoms with Crippen molar-refractivity contribution in [2.75, 3.05) is 33.9 Å². The van der Waals surface area contributed by atoms with E-state index < -0.39 is 6.10 Å². The Morgan fingerprint density at radius 1 is 1.33 bits per heavy atom. The van der Waals surface area contributed by atoms with Gasteiger partial charge in [-0.15, -0.1) is 0 Å². The third-order valence-corrected chi connectivity index (χ3v) is 2.71. The summed E-state index contributed by atoms with van der Waals surface area (Å²) in [5.41, 5.74) is 6.40. The first kappa shape index (κ1) is 14.8. The molecule has 0 aliphatic rings. The number of aliphatic hydroxyl groups is 1.